The highest BCUT2D eigenvalue weighted by Gasteiger charge is 2.02. The lowest BCUT2D eigenvalue weighted by Gasteiger charge is -2.00. The molecule has 1 radical (unpaired) electrons. The first-order chi connectivity index (χ1) is 2.64. The zero-order valence-electron chi connectivity index (χ0n) is 3.97. The molecule has 2 N–H and O–H groups in total. The van der Waals surface area contributed by atoms with E-state index < -0.39 is 6.29 Å². The highest BCUT2D eigenvalue weighted by atomic mass is 16.5. The Morgan fingerprint density at radius 1 is 1.33 bits per heavy atom. The summed E-state index contributed by atoms with van der Waals surface area (Å²) in [5.41, 5.74) is 0. The van der Waals surface area contributed by atoms with Gasteiger partial charge in [-0.2, -0.15) is 0 Å². The van der Waals surface area contributed by atoms with Crippen molar-refractivity contribution >= 4 is 0 Å². The maximum atomic E-state index is 8.10. The van der Waals surface area contributed by atoms with Crippen molar-refractivity contribution in [1.29, 1.82) is 0 Å². The molecule has 0 spiro atoms. The van der Waals surface area contributed by atoms with Crippen LogP contribution < -0.4 is 0 Å². The molecule has 2 heteroatoms. The maximum Gasteiger partial charge on any atom is 0.220 e. The number of hydrogen-bond donors (Lipinski definition) is 2. The molecule has 0 heterocycles. The van der Waals surface area contributed by atoms with Crippen LogP contribution in [0.3, 0.4) is 0 Å². The predicted octanol–water partition coefficient (Wildman–Crippen LogP) is 0.877. The molecule has 0 aromatic carbocycles. The van der Waals surface area contributed by atoms with Crippen LogP contribution in [0.4, 0.5) is 0 Å². The molecule has 0 saturated heterocycles. The average molecular weight is 89.1 g/mol. The van der Waals surface area contributed by atoms with Gasteiger partial charge in [0.25, 0.3) is 0 Å². The van der Waals surface area contributed by atoms with Gasteiger partial charge < -0.3 is 10.2 Å². The molecule has 0 amide bonds. The van der Waals surface area contributed by atoms with Crippen LogP contribution in [0.2, 0.25) is 0 Å². The van der Waals surface area contributed by atoms with E-state index in [2.05, 4.69) is 0 Å². The van der Waals surface area contributed by atoms with E-state index >= 15 is 0 Å². The fraction of sp³-hybridized carbons (Fsp3) is 0.750. The van der Waals surface area contributed by atoms with Gasteiger partial charge in [-0.3, -0.25) is 0 Å². The highest BCUT2D eigenvalue weighted by molar-refractivity contribution is 4.60. The number of rotatable bonds is 1. The Labute approximate surface area is 37.4 Å². The van der Waals surface area contributed by atoms with E-state index in [1.165, 1.54) is 0 Å². The summed E-state index contributed by atoms with van der Waals surface area (Å²) in [5, 5.41) is 16.2. The Kier molecular flexibility index (Phi) is 2.13. The summed E-state index contributed by atoms with van der Waals surface area (Å²) in [5.74, 6) is -0.120. The van der Waals surface area contributed by atoms with Crippen molar-refractivity contribution in [3.8, 4) is 0 Å². The van der Waals surface area contributed by atoms with Gasteiger partial charge in [0.05, 0.1) is 0 Å². The van der Waals surface area contributed by atoms with Crippen LogP contribution in [0.5, 0.6) is 0 Å². The molecule has 2 nitrogen and oxygen atoms in total. The molecule has 0 aliphatic rings. The Bertz CT molecular complexity index is 26.5. The Morgan fingerprint density at radius 3 is 1.50 bits per heavy atom. The second-order valence-corrected chi connectivity index (χ2v) is 1.51. The number of aliphatic hydroxyl groups is 2. The molecule has 0 unspecified atom stereocenters. The lowest BCUT2D eigenvalue weighted by Crippen LogP contribution is -2.01. The fourth-order valence-corrected chi connectivity index (χ4v) is 0. The summed E-state index contributed by atoms with van der Waals surface area (Å²) in [6, 6.07) is 0. The molecule has 0 fully saturated rings. The molecule has 0 rings (SSSR count). The van der Waals surface area contributed by atoms with Gasteiger partial charge in [-0.1, -0.05) is 13.8 Å². The van der Waals surface area contributed by atoms with E-state index in [0.29, 0.717) is 0 Å². The molecule has 0 bridgehead atoms. The quantitative estimate of drug-likeness (QED) is 0.500. The van der Waals surface area contributed by atoms with E-state index in [4.69, 9.17) is 10.2 Å². The summed E-state index contributed by atoms with van der Waals surface area (Å²) < 4.78 is 0. The molecule has 0 aromatic heterocycles. The molecule has 0 atom stereocenters. The first-order valence-electron chi connectivity index (χ1n) is 1.89. The van der Waals surface area contributed by atoms with Crippen LogP contribution >= 0.6 is 0 Å². The van der Waals surface area contributed by atoms with Crippen molar-refractivity contribution < 1.29 is 10.2 Å². The number of hydrogen-bond acceptors (Lipinski definition) is 2. The van der Waals surface area contributed by atoms with E-state index in [1.54, 1.807) is 13.8 Å². The van der Waals surface area contributed by atoms with Crippen molar-refractivity contribution in [2.45, 2.75) is 13.8 Å². The van der Waals surface area contributed by atoms with E-state index in [0.717, 1.165) is 0 Å². The van der Waals surface area contributed by atoms with Crippen molar-refractivity contribution in [3.63, 3.8) is 0 Å². The van der Waals surface area contributed by atoms with Crippen molar-refractivity contribution in [3.05, 3.63) is 6.29 Å². The lowest BCUT2D eigenvalue weighted by atomic mass is 10.2. The van der Waals surface area contributed by atoms with Crippen molar-refractivity contribution in [1.82, 2.24) is 0 Å². The third kappa shape index (κ3) is 2.18. The Hall–Kier alpha value is -0.0800. The summed E-state index contributed by atoms with van der Waals surface area (Å²) >= 11 is 0. The van der Waals surface area contributed by atoms with Gasteiger partial charge in [0, 0.05) is 5.92 Å². The molecule has 0 saturated carbocycles. The van der Waals surface area contributed by atoms with Gasteiger partial charge in [0.1, 0.15) is 0 Å². The largest absolute Gasteiger partial charge is 0.361 e. The van der Waals surface area contributed by atoms with Gasteiger partial charge in [-0.25, -0.2) is 0 Å². The first kappa shape index (κ1) is 5.92. The summed E-state index contributed by atoms with van der Waals surface area (Å²) in [6.07, 6.45) is -0.491. The minimum absolute atomic E-state index is 0.120. The minimum atomic E-state index is -0.491. The van der Waals surface area contributed by atoms with Crippen molar-refractivity contribution in [2.75, 3.05) is 0 Å². The monoisotopic (exact) mass is 89.1 g/mol. The van der Waals surface area contributed by atoms with Crippen molar-refractivity contribution in [2.24, 2.45) is 5.92 Å². The minimum Gasteiger partial charge on any atom is -0.361 e. The highest BCUT2D eigenvalue weighted by Crippen LogP contribution is 2.01. The summed E-state index contributed by atoms with van der Waals surface area (Å²) in [7, 11) is 0. The first-order valence-corrected chi connectivity index (χ1v) is 1.89. The second kappa shape index (κ2) is 2.16. The van der Waals surface area contributed by atoms with Gasteiger partial charge in [0.15, 0.2) is 0 Å². The second-order valence-electron chi connectivity index (χ2n) is 1.51. The molecular weight excluding hydrogens is 80.0 g/mol. The van der Waals surface area contributed by atoms with Crippen LogP contribution in [-0.2, 0) is 0 Å². The van der Waals surface area contributed by atoms with Crippen LogP contribution in [0.15, 0.2) is 0 Å². The molecule has 0 aliphatic heterocycles. The Balaban J connectivity index is 2.99. The van der Waals surface area contributed by atoms with Gasteiger partial charge in [0.2, 0.25) is 6.29 Å². The number of aliphatic hydroxyl groups excluding tert-OH is 1. The molecule has 37 valence electrons. The van der Waals surface area contributed by atoms with Gasteiger partial charge in [-0.05, 0) is 0 Å². The SMILES string of the molecule is CC(C)[C](O)O. The van der Waals surface area contributed by atoms with E-state index in [1.807, 2.05) is 0 Å². The molecule has 6 heavy (non-hydrogen) atoms. The summed E-state index contributed by atoms with van der Waals surface area (Å²) in [4.78, 5) is 0. The topological polar surface area (TPSA) is 40.5 Å². The summed E-state index contributed by atoms with van der Waals surface area (Å²) in [6.45, 7) is 3.41. The predicted molar refractivity (Wildman–Crippen MR) is 22.0 cm³/mol. The lowest BCUT2D eigenvalue weighted by molar-refractivity contribution is 0.0450. The fourth-order valence-electron chi connectivity index (χ4n) is 0. The third-order valence-corrected chi connectivity index (χ3v) is 0.516. The molecule has 0 aromatic rings. The smallest absolute Gasteiger partial charge is 0.220 e. The normalized spacial score (nSPS) is 11.0. The van der Waals surface area contributed by atoms with Crippen LogP contribution in [0.25, 0.3) is 0 Å². The van der Waals surface area contributed by atoms with Crippen LogP contribution in [0.1, 0.15) is 13.8 Å². The Morgan fingerprint density at radius 2 is 1.50 bits per heavy atom. The molecule has 0 aliphatic carbocycles. The van der Waals surface area contributed by atoms with Crippen LogP contribution in [0, 0.1) is 12.2 Å². The van der Waals surface area contributed by atoms with Gasteiger partial charge >= 0.3 is 0 Å². The van der Waals surface area contributed by atoms with E-state index in [-0.39, 0.29) is 5.92 Å². The van der Waals surface area contributed by atoms with Gasteiger partial charge in [-0.15, -0.1) is 0 Å². The maximum absolute atomic E-state index is 8.10. The standard InChI is InChI=1S/C4H9O2/c1-3(2)4(5)6/h3,5-6H,1-2H3. The average Bonchev–Trinajstić information content (AvgIpc) is 1.36. The zero-order chi connectivity index (χ0) is 5.15. The van der Waals surface area contributed by atoms with Crippen LogP contribution in [-0.4, -0.2) is 10.2 Å². The molecular formula is C4H9O2. The van der Waals surface area contributed by atoms with E-state index in [9.17, 15) is 0 Å². The zero-order valence-corrected chi connectivity index (χ0v) is 3.97. The third-order valence-electron chi connectivity index (χ3n) is 0.516.